The molecule has 0 spiro atoms. The Morgan fingerprint density at radius 3 is 2.69 bits per heavy atom. The van der Waals surface area contributed by atoms with E-state index in [2.05, 4.69) is 20.8 Å². The SMILES string of the molecule is Cc1cc(OCC(=O)Nc2cc(-n3nnnc3C)ccc2F)c(C(C)C)cc1Cl. The maximum atomic E-state index is 14.2. The van der Waals surface area contributed by atoms with Crippen LogP contribution in [0, 0.1) is 19.7 Å². The largest absolute Gasteiger partial charge is 0.483 e. The molecule has 0 aliphatic heterocycles. The van der Waals surface area contributed by atoms with Gasteiger partial charge in [-0.1, -0.05) is 25.4 Å². The van der Waals surface area contributed by atoms with E-state index >= 15 is 0 Å². The number of hydrogen-bond donors (Lipinski definition) is 1. The molecule has 0 aliphatic carbocycles. The summed E-state index contributed by atoms with van der Waals surface area (Å²) in [5, 5.41) is 14.4. The zero-order valence-electron chi connectivity index (χ0n) is 16.5. The van der Waals surface area contributed by atoms with Crippen molar-refractivity contribution in [3.05, 3.63) is 58.1 Å². The minimum absolute atomic E-state index is 0.0161. The molecule has 0 saturated carbocycles. The Bertz CT molecular complexity index is 1050. The normalized spacial score (nSPS) is 11.0. The molecular weight excluding hydrogens is 397 g/mol. The Morgan fingerprint density at radius 2 is 2.03 bits per heavy atom. The zero-order chi connectivity index (χ0) is 21.1. The first-order valence-corrected chi connectivity index (χ1v) is 9.41. The van der Waals surface area contributed by atoms with Crippen LogP contribution in [0.2, 0.25) is 5.02 Å². The number of amides is 1. The third-order valence-corrected chi connectivity index (χ3v) is 4.77. The van der Waals surface area contributed by atoms with Crippen LogP contribution < -0.4 is 10.1 Å². The lowest BCUT2D eigenvalue weighted by Gasteiger charge is -2.16. The lowest BCUT2D eigenvalue weighted by Crippen LogP contribution is -2.21. The predicted molar refractivity (Wildman–Crippen MR) is 108 cm³/mol. The number of rotatable bonds is 6. The Balaban J connectivity index is 1.74. The molecule has 0 bridgehead atoms. The van der Waals surface area contributed by atoms with E-state index in [1.165, 1.54) is 22.9 Å². The molecule has 1 aromatic heterocycles. The van der Waals surface area contributed by atoms with E-state index in [1.807, 2.05) is 26.8 Å². The molecule has 0 saturated heterocycles. The summed E-state index contributed by atoms with van der Waals surface area (Å²) < 4.78 is 21.3. The van der Waals surface area contributed by atoms with E-state index < -0.39 is 11.7 Å². The molecule has 1 N–H and O–H groups in total. The van der Waals surface area contributed by atoms with Crippen LogP contribution in [0.3, 0.4) is 0 Å². The van der Waals surface area contributed by atoms with E-state index in [1.54, 1.807) is 13.0 Å². The Morgan fingerprint density at radius 1 is 1.28 bits per heavy atom. The summed E-state index contributed by atoms with van der Waals surface area (Å²) in [5.74, 6) is 0.224. The molecular formula is C20H21ClFN5O2. The van der Waals surface area contributed by atoms with Crippen molar-refractivity contribution < 1.29 is 13.9 Å². The van der Waals surface area contributed by atoms with Crippen molar-refractivity contribution in [1.29, 1.82) is 0 Å². The van der Waals surface area contributed by atoms with Crippen molar-refractivity contribution >= 4 is 23.2 Å². The second-order valence-electron chi connectivity index (χ2n) is 6.93. The fourth-order valence-corrected chi connectivity index (χ4v) is 2.96. The number of anilines is 1. The van der Waals surface area contributed by atoms with Crippen molar-refractivity contribution in [2.75, 3.05) is 11.9 Å². The first kappa shape index (κ1) is 20.7. The number of tetrazole rings is 1. The third kappa shape index (κ3) is 4.71. The minimum Gasteiger partial charge on any atom is -0.483 e. The quantitative estimate of drug-likeness (QED) is 0.649. The van der Waals surface area contributed by atoms with Gasteiger partial charge < -0.3 is 10.1 Å². The molecule has 1 amide bonds. The van der Waals surface area contributed by atoms with Crippen LogP contribution in [0.15, 0.2) is 30.3 Å². The number of carbonyl (C=O) groups excluding carboxylic acids is 1. The van der Waals surface area contributed by atoms with Crippen molar-refractivity contribution in [3.8, 4) is 11.4 Å². The van der Waals surface area contributed by atoms with Gasteiger partial charge in [0.1, 0.15) is 11.6 Å². The number of hydrogen-bond acceptors (Lipinski definition) is 5. The van der Waals surface area contributed by atoms with Gasteiger partial charge in [0.2, 0.25) is 0 Å². The van der Waals surface area contributed by atoms with E-state index in [0.717, 1.165) is 11.1 Å². The van der Waals surface area contributed by atoms with E-state index in [-0.39, 0.29) is 18.2 Å². The number of ether oxygens (including phenoxy) is 1. The maximum absolute atomic E-state index is 14.2. The van der Waals surface area contributed by atoms with Gasteiger partial charge in [-0.15, -0.1) is 5.10 Å². The van der Waals surface area contributed by atoms with E-state index in [9.17, 15) is 9.18 Å². The summed E-state index contributed by atoms with van der Waals surface area (Å²) in [5.41, 5.74) is 2.29. The average Bonchev–Trinajstić information content (AvgIpc) is 3.10. The smallest absolute Gasteiger partial charge is 0.262 e. The molecule has 152 valence electrons. The van der Waals surface area contributed by atoms with Crippen LogP contribution >= 0.6 is 11.6 Å². The number of benzene rings is 2. The topological polar surface area (TPSA) is 81.9 Å². The van der Waals surface area contributed by atoms with Gasteiger partial charge in [0.25, 0.3) is 5.91 Å². The summed E-state index contributed by atoms with van der Waals surface area (Å²) in [4.78, 5) is 12.4. The summed E-state index contributed by atoms with van der Waals surface area (Å²) in [7, 11) is 0. The highest BCUT2D eigenvalue weighted by atomic mass is 35.5. The van der Waals surface area contributed by atoms with Crippen molar-refractivity contribution in [2.24, 2.45) is 0 Å². The first-order valence-electron chi connectivity index (χ1n) is 9.04. The van der Waals surface area contributed by atoms with Crippen LogP contribution in [0.4, 0.5) is 10.1 Å². The van der Waals surface area contributed by atoms with Crippen LogP contribution in [-0.2, 0) is 4.79 Å². The highest BCUT2D eigenvalue weighted by Crippen LogP contribution is 2.32. The number of aryl methyl sites for hydroxylation is 2. The monoisotopic (exact) mass is 417 g/mol. The molecule has 0 fully saturated rings. The van der Waals surface area contributed by atoms with Gasteiger partial charge in [-0.2, -0.15) is 4.68 Å². The number of carbonyl (C=O) groups is 1. The van der Waals surface area contributed by atoms with E-state index in [0.29, 0.717) is 22.3 Å². The zero-order valence-corrected chi connectivity index (χ0v) is 17.3. The molecule has 7 nitrogen and oxygen atoms in total. The number of halogens is 2. The Kier molecular flexibility index (Phi) is 6.12. The van der Waals surface area contributed by atoms with Gasteiger partial charge in [-0.05, 0) is 71.7 Å². The van der Waals surface area contributed by atoms with Crippen LogP contribution in [0.5, 0.6) is 5.75 Å². The molecule has 3 rings (SSSR count). The van der Waals surface area contributed by atoms with Crippen LogP contribution in [0.25, 0.3) is 5.69 Å². The molecule has 0 unspecified atom stereocenters. The lowest BCUT2D eigenvalue weighted by atomic mass is 10.0. The van der Waals surface area contributed by atoms with Gasteiger partial charge in [0.05, 0.1) is 11.4 Å². The standard InChI is InChI=1S/C20H21ClFN5O2/c1-11(2)15-9-16(21)12(3)7-19(15)29-10-20(28)23-18-8-14(5-6-17(18)22)27-13(4)24-25-26-27/h5-9,11H,10H2,1-4H3,(H,23,28). The molecule has 0 radical (unpaired) electrons. The second kappa shape index (κ2) is 8.57. The second-order valence-corrected chi connectivity index (χ2v) is 7.34. The van der Waals surface area contributed by atoms with Crippen molar-refractivity contribution in [2.45, 2.75) is 33.6 Å². The summed E-state index contributed by atoms with van der Waals surface area (Å²) in [6.07, 6.45) is 0. The van der Waals surface area contributed by atoms with Crippen molar-refractivity contribution in [3.63, 3.8) is 0 Å². The molecule has 3 aromatic rings. The number of aromatic nitrogens is 4. The Labute approximate surface area is 172 Å². The summed E-state index contributed by atoms with van der Waals surface area (Å²) >= 11 is 6.19. The fraction of sp³-hybridized carbons (Fsp3) is 0.300. The fourth-order valence-electron chi connectivity index (χ4n) is 2.79. The molecule has 0 atom stereocenters. The van der Waals surface area contributed by atoms with Gasteiger partial charge in [-0.25, -0.2) is 4.39 Å². The van der Waals surface area contributed by atoms with Gasteiger partial charge in [0, 0.05) is 5.02 Å². The average molecular weight is 418 g/mol. The number of nitrogens with one attached hydrogen (secondary N) is 1. The molecule has 9 heteroatoms. The predicted octanol–water partition coefficient (Wildman–Crippen LogP) is 4.21. The molecule has 29 heavy (non-hydrogen) atoms. The van der Waals surface area contributed by atoms with E-state index in [4.69, 9.17) is 16.3 Å². The highest BCUT2D eigenvalue weighted by Gasteiger charge is 2.15. The number of nitrogens with zero attached hydrogens (tertiary/aromatic N) is 4. The van der Waals surface area contributed by atoms with Crippen LogP contribution in [-0.4, -0.2) is 32.7 Å². The van der Waals surface area contributed by atoms with Gasteiger partial charge in [-0.3, -0.25) is 4.79 Å². The maximum Gasteiger partial charge on any atom is 0.262 e. The van der Waals surface area contributed by atoms with Gasteiger partial charge in [0.15, 0.2) is 12.4 Å². The van der Waals surface area contributed by atoms with Crippen molar-refractivity contribution in [1.82, 2.24) is 20.2 Å². The Hall–Kier alpha value is -3.00. The van der Waals surface area contributed by atoms with Gasteiger partial charge >= 0.3 is 0 Å². The van der Waals surface area contributed by atoms with Crippen LogP contribution in [0.1, 0.15) is 36.7 Å². The molecule has 1 heterocycles. The minimum atomic E-state index is -0.571. The lowest BCUT2D eigenvalue weighted by molar-refractivity contribution is -0.118. The molecule has 2 aromatic carbocycles. The summed E-state index contributed by atoms with van der Waals surface area (Å²) in [6, 6.07) is 7.87. The third-order valence-electron chi connectivity index (χ3n) is 4.37. The first-order chi connectivity index (χ1) is 13.8. The molecule has 0 aliphatic rings. The highest BCUT2D eigenvalue weighted by molar-refractivity contribution is 6.31. The summed E-state index contributed by atoms with van der Waals surface area (Å²) in [6.45, 7) is 7.33.